The number of aryl methyl sites for hydroxylation is 2. The molecular formula is C20H16ClFN2O3. The van der Waals surface area contributed by atoms with Crippen LogP contribution in [0.5, 0.6) is 5.75 Å². The van der Waals surface area contributed by atoms with Crippen LogP contribution in [-0.4, -0.2) is 10.8 Å². The van der Waals surface area contributed by atoms with Crippen LogP contribution in [0.2, 0.25) is 5.02 Å². The van der Waals surface area contributed by atoms with E-state index in [1.54, 1.807) is 32.0 Å². The highest BCUT2D eigenvalue weighted by Crippen LogP contribution is 2.38. The number of aromatic hydroxyl groups is 1. The minimum atomic E-state index is -0.472. The first-order valence-corrected chi connectivity index (χ1v) is 8.78. The lowest BCUT2D eigenvalue weighted by Crippen LogP contribution is -2.12. The molecule has 1 atom stereocenters. The maximum absolute atomic E-state index is 14.2. The molecule has 27 heavy (non-hydrogen) atoms. The Bertz CT molecular complexity index is 1150. The van der Waals surface area contributed by atoms with Gasteiger partial charge in [-0.2, -0.15) is 5.10 Å². The molecule has 2 aromatic carbocycles. The monoisotopic (exact) mass is 386 g/mol. The number of halogens is 2. The van der Waals surface area contributed by atoms with Crippen LogP contribution in [0.15, 0.2) is 44.6 Å². The average molecular weight is 387 g/mol. The van der Waals surface area contributed by atoms with E-state index in [-0.39, 0.29) is 5.75 Å². The van der Waals surface area contributed by atoms with Crippen LogP contribution >= 0.6 is 11.6 Å². The molecule has 0 fully saturated rings. The summed E-state index contributed by atoms with van der Waals surface area (Å²) in [7, 11) is 0. The second-order valence-electron chi connectivity index (χ2n) is 6.62. The first-order chi connectivity index (χ1) is 12.9. The number of nitrogens with one attached hydrogen (secondary N) is 1. The van der Waals surface area contributed by atoms with Crippen molar-refractivity contribution in [2.45, 2.75) is 26.3 Å². The maximum atomic E-state index is 14.2. The highest BCUT2D eigenvalue weighted by Gasteiger charge is 2.29. The minimum Gasteiger partial charge on any atom is -0.506 e. The maximum Gasteiger partial charge on any atom is 0.336 e. The average Bonchev–Trinajstić information content (AvgIpc) is 3.02. The summed E-state index contributed by atoms with van der Waals surface area (Å²) in [4.78, 5) is 11.6. The molecule has 0 saturated carbocycles. The molecule has 5 nitrogen and oxygen atoms in total. The van der Waals surface area contributed by atoms with E-state index in [9.17, 15) is 14.3 Å². The number of phenolic OH excluding ortho intramolecular Hbond substituents is 1. The van der Waals surface area contributed by atoms with Crippen LogP contribution in [0.4, 0.5) is 4.39 Å². The van der Waals surface area contributed by atoms with Gasteiger partial charge in [0.15, 0.2) is 0 Å². The zero-order valence-electron chi connectivity index (χ0n) is 14.6. The van der Waals surface area contributed by atoms with Crippen molar-refractivity contribution in [3.8, 4) is 5.75 Å². The molecule has 1 aliphatic heterocycles. The number of fused-ring (bicyclic) bond motifs is 1. The van der Waals surface area contributed by atoms with Crippen molar-refractivity contribution in [2.24, 2.45) is 5.10 Å². The molecule has 2 N–H and O–H groups in total. The number of phenols is 1. The van der Waals surface area contributed by atoms with E-state index in [1.165, 1.54) is 12.1 Å². The molecule has 0 aliphatic carbocycles. The first kappa shape index (κ1) is 17.5. The Labute approximate surface area is 159 Å². The molecule has 1 aliphatic rings. The van der Waals surface area contributed by atoms with Gasteiger partial charge in [-0.15, -0.1) is 0 Å². The van der Waals surface area contributed by atoms with Gasteiger partial charge in [0.05, 0.1) is 17.1 Å². The number of hydrogen-bond acceptors (Lipinski definition) is 5. The fourth-order valence-electron chi connectivity index (χ4n) is 3.59. The predicted octanol–water partition coefficient (Wildman–Crippen LogP) is 4.35. The van der Waals surface area contributed by atoms with Crippen molar-refractivity contribution in [3.05, 3.63) is 73.8 Å². The smallest absolute Gasteiger partial charge is 0.336 e. The fraction of sp³-hybridized carbons (Fsp3) is 0.200. The highest BCUT2D eigenvalue weighted by atomic mass is 35.5. The summed E-state index contributed by atoms with van der Waals surface area (Å²) < 4.78 is 19.4. The van der Waals surface area contributed by atoms with Crippen molar-refractivity contribution < 1.29 is 13.9 Å². The van der Waals surface area contributed by atoms with E-state index < -0.39 is 17.5 Å². The lowest BCUT2D eigenvalue weighted by Gasteiger charge is -2.14. The third kappa shape index (κ3) is 2.86. The summed E-state index contributed by atoms with van der Waals surface area (Å²) in [5.74, 6) is -0.416. The van der Waals surface area contributed by atoms with E-state index >= 15 is 0 Å². The number of hydrazone groups is 1. The third-order valence-electron chi connectivity index (χ3n) is 4.79. The fourth-order valence-corrected chi connectivity index (χ4v) is 3.89. The summed E-state index contributed by atoms with van der Waals surface area (Å²) in [6, 6.07) is 7.13. The lowest BCUT2D eigenvalue weighted by molar-refractivity contribution is 0.476. The standard InChI is InChI=1S/C20H16ClFN2O3/c1-9-6-15-18(10(2)7-16(25)27-15)20(26)17(9)13-8-14(24-23-13)19-11(21)4-3-5-12(19)22/h3-7,14,24,26H,8H2,1-2H3. The van der Waals surface area contributed by atoms with Gasteiger partial charge < -0.3 is 14.9 Å². The van der Waals surface area contributed by atoms with Gasteiger partial charge in [0.1, 0.15) is 17.1 Å². The van der Waals surface area contributed by atoms with Crippen LogP contribution in [0.3, 0.4) is 0 Å². The van der Waals surface area contributed by atoms with Gasteiger partial charge >= 0.3 is 5.63 Å². The predicted molar refractivity (Wildman–Crippen MR) is 102 cm³/mol. The molecule has 4 rings (SSSR count). The quantitative estimate of drug-likeness (QED) is 0.642. The molecule has 0 saturated heterocycles. The van der Waals surface area contributed by atoms with E-state index in [0.29, 0.717) is 50.4 Å². The SMILES string of the molecule is Cc1cc2oc(=O)cc(C)c2c(O)c1C1=NNC(c2c(F)cccc2Cl)C1. The van der Waals surface area contributed by atoms with Gasteiger partial charge in [0, 0.05) is 28.6 Å². The van der Waals surface area contributed by atoms with Gasteiger partial charge in [0.25, 0.3) is 0 Å². The number of hydrogen-bond donors (Lipinski definition) is 2. The van der Waals surface area contributed by atoms with Crippen LogP contribution in [0.1, 0.15) is 34.7 Å². The number of benzene rings is 2. The van der Waals surface area contributed by atoms with Crippen molar-refractivity contribution in [1.29, 1.82) is 0 Å². The topological polar surface area (TPSA) is 74.8 Å². The molecule has 3 aromatic rings. The lowest BCUT2D eigenvalue weighted by atomic mass is 9.93. The molecule has 2 heterocycles. The minimum absolute atomic E-state index is 0.00733. The zero-order valence-corrected chi connectivity index (χ0v) is 15.4. The highest BCUT2D eigenvalue weighted by molar-refractivity contribution is 6.31. The van der Waals surface area contributed by atoms with Crippen LogP contribution in [0.25, 0.3) is 11.0 Å². The van der Waals surface area contributed by atoms with Gasteiger partial charge in [-0.1, -0.05) is 17.7 Å². The second kappa shape index (κ2) is 6.39. The molecule has 0 radical (unpaired) electrons. The Hall–Kier alpha value is -2.86. The molecule has 7 heteroatoms. The van der Waals surface area contributed by atoms with E-state index in [4.69, 9.17) is 16.0 Å². The number of nitrogens with zero attached hydrogens (tertiary/aromatic N) is 1. The van der Waals surface area contributed by atoms with Crippen LogP contribution in [-0.2, 0) is 0 Å². The first-order valence-electron chi connectivity index (χ1n) is 8.40. The van der Waals surface area contributed by atoms with Crippen molar-refractivity contribution in [1.82, 2.24) is 5.43 Å². The summed E-state index contributed by atoms with van der Waals surface area (Å²) in [5.41, 5.74) is 5.54. The summed E-state index contributed by atoms with van der Waals surface area (Å²) in [6.07, 6.45) is 0.358. The van der Waals surface area contributed by atoms with Crippen molar-refractivity contribution in [2.75, 3.05) is 0 Å². The van der Waals surface area contributed by atoms with Crippen LogP contribution < -0.4 is 11.1 Å². The molecule has 138 valence electrons. The molecule has 1 aromatic heterocycles. The van der Waals surface area contributed by atoms with Crippen molar-refractivity contribution in [3.63, 3.8) is 0 Å². The Morgan fingerprint density at radius 2 is 2.07 bits per heavy atom. The Morgan fingerprint density at radius 1 is 1.30 bits per heavy atom. The third-order valence-corrected chi connectivity index (χ3v) is 5.12. The van der Waals surface area contributed by atoms with Gasteiger partial charge in [-0.3, -0.25) is 0 Å². The van der Waals surface area contributed by atoms with Crippen LogP contribution in [0, 0.1) is 19.7 Å². The normalized spacial score (nSPS) is 16.4. The van der Waals surface area contributed by atoms with Crippen molar-refractivity contribution >= 4 is 28.3 Å². The van der Waals surface area contributed by atoms with E-state index in [0.717, 1.165) is 0 Å². The summed E-state index contributed by atoms with van der Waals surface area (Å²) >= 11 is 6.16. The Balaban J connectivity index is 1.79. The van der Waals surface area contributed by atoms with E-state index in [2.05, 4.69) is 10.5 Å². The largest absolute Gasteiger partial charge is 0.506 e. The molecule has 0 bridgehead atoms. The second-order valence-corrected chi connectivity index (χ2v) is 7.03. The summed E-state index contributed by atoms with van der Waals surface area (Å²) in [5, 5.41) is 16.0. The molecule has 0 amide bonds. The number of rotatable bonds is 2. The molecular weight excluding hydrogens is 371 g/mol. The molecule has 1 unspecified atom stereocenters. The zero-order chi connectivity index (χ0) is 19.3. The van der Waals surface area contributed by atoms with Gasteiger partial charge in [-0.25, -0.2) is 9.18 Å². The Kier molecular flexibility index (Phi) is 4.15. The van der Waals surface area contributed by atoms with Gasteiger partial charge in [0.2, 0.25) is 0 Å². The Morgan fingerprint density at radius 3 is 2.81 bits per heavy atom. The molecule has 0 spiro atoms. The van der Waals surface area contributed by atoms with Gasteiger partial charge in [-0.05, 0) is 43.2 Å². The summed E-state index contributed by atoms with van der Waals surface area (Å²) in [6.45, 7) is 3.53. The van der Waals surface area contributed by atoms with E-state index in [1.807, 2.05) is 0 Å².